The molecular weight excluding hydrogens is 587 g/mol. The first-order valence-corrected chi connectivity index (χ1v) is 14.3. The molecule has 0 unspecified atom stereocenters. The molecule has 2 aromatic rings. The molecular formula is C30H34Cl2N2O8. The van der Waals surface area contributed by atoms with Gasteiger partial charge in [0, 0.05) is 47.1 Å². The third-order valence-electron chi connectivity index (χ3n) is 7.45. The molecule has 0 spiro atoms. The van der Waals surface area contributed by atoms with Crippen molar-refractivity contribution in [2.75, 3.05) is 20.3 Å². The number of halogens is 2. The largest absolute Gasteiger partial charge is 0.493 e. The van der Waals surface area contributed by atoms with E-state index in [-0.39, 0.29) is 56.4 Å². The summed E-state index contributed by atoms with van der Waals surface area (Å²) in [5.41, 5.74) is 1.87. The maximum Gasteiger partial charge on any atom is 0.247 e. The van der Waals surface area contributed by atoms with E-state index >= 15 is 0 Å². The molecule has 4 N–H and O–H groups in total. The van der Waals surface area contributed by atoms with Gasteiger partial charge in [0.25, 0.3) is 0 Å². The molecule has 1 heterocycles. The highest BCUT2D eigenvalue weighted by Crippen LogP contribution is 2.51. The van der Waals surface area contributed by atoms with Crippen molar-refractivity contribution in [3.8, 4) is 11.5 Å². The van der Waals surface area contributed by atoms with Crippen LogP contribution in [0, 0.1) is 0 Å². The van der Waals surface area contributed by atoms with Crippen molar-refractivity contribution in [1.29, 1.82) is 0 Å². The average Bonchev–Trinajstić information content (AvgIpc) is 3.35. The van der Waals surface area contributed by atoms with E-state index in [9.17, 15) is 29.7 Å². The van der Waals surface area contributed by atoms with E-state index in [1.165, 1.54) is 18.9 Å². The maximum atomic E-state index is 13.7. The second kappa shape index (κ2) is 13.9. The summed E-state index contributed by atoms with van der Waals surface area (Å²) in [5, 5.41) is 34.3. The summed E-state index contributed by atoms with van der Waals surface area (Å²) in [7, 11) is 1.45. The lowest BCUT2D eigenvalue weighted by Gasteiger charge is -2.41. The van der Waals surface area contributed by atoms with E-state index in [1.54, 1.807) is 36.4 Å². The Hall–Kier alpha value is -3.15. The highest BCUT2D eigenvalue weighted by Gasteiger charge is 2.51. The van der Waals surface area contributed by atoms with Crippen molar-refractivity contribution < 1.29 is 39.2 Å². The predicted molar refractivity (Wildman–Crippen MR) is 156 cm³/mol. The number of nitrogens with one attached hydrogen (secondary N) is 1. The topological polar surface area (TPSA) is 146 Å². The van der Waals surface area contributed by atoms with Gasteiger partial charge < -0.3 is 39.8 Å². The number of rotatable bonds is 12. The number of amides is 2. The molecule has 1 aliphatic heterocycles. The molecule has 10 nitrogen and oxygen atoms in total. The fourth-order valence-corrected chi connectivity index (χ4v) is 5.91. The summed E-state index contributed by atoms with van der Waals surface area (Å²) < 4.78 is 11.7. The summed E-state index contributed by atoms with van der Waals surface area (Å²) in [6.07, 6.45) is -0.180. The van der Waals surface area contributed by atoms with E-state index in [0.29, 0.717) is 44.7 Å². The lowest BCUT2D eigenvalue weighted by Crippen LogP contribution is -2.55. The Morgan fingerprint density at radius 2 is 1.88 bits per heavy atom. The Labute approximate surface area is 253 Å². The molecule has 0 fully saturated rings. The Morgan fingerprint density at radius 1 is 1.12 bits per heavy atom. The molecule has 2 aromatic carbocycles. The van der Waals surface area contributed by atoms with Crippen LogP contribution in [0.1, 0.15) is 48.8 Å². The fraction of sp³-hybridized carbons (Fsp3) is 0.433. The molecule has 42 heavy (non-hydrogen) atoms. The van der Waals surface area contributed by atoms with E-state index in [1.807, 2.05) is 0 Å². The summed E-state index contributed by atoms with van der Waals surface area (Å²) in [6, 6.07) is 7.16. The van der Waals surface area contributed by atoms with Gasteiger partial charge in [-0.15, -0.1) is 0 Å². The number of carbonyl (C=O) groups is 3. The molecule has 12 heteroatoms. The average molecular weight is 622 g/mol. The fourth-order valence-electron chi connectivity index (χ4n) is 5.44. The molecule has 4 atom stereocenters. The highest BCUT2D eigenvalue weighted by molar-refractivity contribution is 6.35. The highest BCUT2D eigenvalue weighted by atomic mass is 35.5. The quantitative estimate of drug-likeness (QED) is 0.283. The summed E-state index contributed by atoms with van der Waals surface area (Å²) in [5.74, 6) is -1.01. The van der Waals surface area contributed by atoms with E-state index in [4.69, 9.17) is 32.7 Å². The van der Waals surface area contributed by atoms with Gasteiger partial charge in [-0.2, -0.15) is 0 Å². The zero-order valence-electron chi connectivity index (χ0n) is 23.3. The number of hydrogen-bond donors (Lipinski definition) is 4. The molecule has 0 radical (unpaired) electrons. The van der Waals surface area contributed by atoms with Crippen LogP contribution in [0.15, 0.2) is 42.0 Å². The van der Waals surface area contributed by atoms with Crippen molar-refractivity contribution in [3.05, 3.63) is 68.7 Å². The molecule has 0 bridgehead atoms. The monoisotopic (exact) mass is 620 g/mol. The molecule has 0 aromatic heterocycles. The summed E-state index contributed by atoms with van der Waals surface area (Å²) in [6.45, 7) is 0.854. The molecule has 0 saturated heterocycles. The van der Waals surface area contributed by atoms with Crippen LogP contribution in [-0.2, 0) is 27.5 Å². The van der Waals surface area contributed by atoms with Crippen LogP contribution in [0.4, 0.5) is 0 Å². The van der Waals surface area contributed by atoms with Gasteiger partial charge in [0.15, 0.2) is 11.5 Å². The molecule has 1 aliphatic carbocycles. The molecule has 4 rings (SSSR count). The summed E-state index contributed by atoms with van der Waals surface area (Å²) in [4.78, 5) is 40.1. The second-order valence-electron chi connectivity index (χ2n) is 10.3. The number of fused-ring (bicyclic) bond motifs is 3. The smallest absolute Gasteiger partial charge is 0.247 e. The van der Waals surface area contributed by atoms with E-state index < -0.39 is 30.1 Å². The van der Waals surface area contributed by atoms with Gasteiger partial charge >= 0.3 is 0 Å². The van der Waals surface area contributed by atoms with Gasteiger partial charge in [0.05, 0.1) is 32.3 Å². The first-order chi connectivity index (χ1) is 20.1. The zero-order valence-corrected chi connectivity index (χ0v) is 24.8. The van der Waals surface area contributed by atoms with Crippen LogP contribution in [0.25, 0.3) is 0 Å². The maximum absolute atomic E-state index is 13.7. The lowest BCUT2D eigenvalue weighted by atomic mass is 9.77. The number of benzene rings is 2. The van der Waals surface area contributed by atoms with Crippen LogP contribution < -0.4 is 14.8 Å². The number of methoxy groups -OCH3 is 1. The number of nitrogens with zero attached hydrogens (tertiary/aromatic N) is 1. The number of Topliss-reactive ketones (excluding diaryl/α,β-unsaturated/α-hetero) is 1. The minimum atomic E-state index is -1.29. The predicted octanol–water partition coefficient (Wildman–Crippen LogP) is 2.91. The standard InChI is InChI=1S/C30H34Cl2N2O8/c1-16(37)4-3-5-25(38)34(14-18-6-7-19(31)12-22(18)32)23-13-21(30(40)33-8-9-35)26-20-10-17(15-36)11-24(41-2)28(20)42-29(26)27(23)39/h6-7,10-13,23,26-27,29,35-36,39H,3-5,8-9,14-15H2,1-2H3,(H,33,40)/t23-,26+,27+,29+/m1/s1. The van der Waals surface area contributed by atoms with Crippen LogP contribution in [0.5, 0.6) is 11.5 Å². The van der Waals surface area contributed by atoms with E-state index in [2.05, 4.69) is 5.32 Å². The summed E-state index contributed by atoms with van der Waals surface area (Å²) >= 11 is 12.5. The van der Waals surface area contributed by atoms with Crippen molar-refractivity contribution >= 4 is 40.8 Å². The second-order valence-corrected chi connectivity index (χ2v) is 11.2. The Morgan fingerprint density at radius 3 is 2.52 bits per heavy atom. The third-order valence-corrected chi connectivity index (χ3v) is 8.04. The van der Waals surface area contributed by atoms with Crippen LogP contribution in [0.2, 0.25) is 10.0 Å². The number of ketones is 1. The number of ether oxygens (including phenoxy) is 2. The first kappa shape index (κ1) is 31.8. The molecule has 2 aliphatic rings. The molecule has 2 amide bonds. The minimum absolute atomic E-state index is 0.0113. The van der Waals surface area contributed by atoms with Crippen molar-refractivity contribution in [1.82, 2.24) is 10.2 Å². The van der Waals surface area contributed by atoms with Crippen molar-refractivity contribution in [2.24, 2.45) is 0 Å². The Kier molecular flexibility index (Phi) is 10.5. The Bertz CT molecular complexity index is 1380. The van der Waals surface area contributed by atoms with Gasteiger partial charge in [0.2, 0.25) is 11.8 Å². The van der Waals surface area contributed by atoms with Crippen molar-refractivity contribution in [2.45, 2.75) is 63.5 Å². The molecule has 0 saturated carbocycles. The van der Waals surface area contributed by atoms with Crippen LogP contribution in [-0.4, -0.2) is 76.3 Å². The van der Waals surface area contributed by atoms with Gasteiger partial charge in [-0.1, -0.05) is 29.3 Å². The molecule has 226 valence electrons. The zero-order chi connectivity index (χ0) is 30.6. The van der Waals surface area contributed by atoms with Gasteiger partial charge in [-0.3, -0.25) is 9.59 Å². The first-order valence-electron chi connectivity index (χ1n) is 13.6. The number of aliphatic hydroxyl groups is 3. The van der Waals surface area contributed by atoms with Crippen LogP contribution in [0.3, 0.4) is 0 Å². The van der Waals surface area contributed by atoms with Crippen molar-refractivity contribution in [3.63, 3.8) is 0 Å². The third kappa shape index (κ3) is 6.74. The SMILES string of the molecule is COc1cc(CO)cc2c1O[C@@H]1[C@@H](O)[C@H](N(Cc3ccc(Cl)cc3Cl)C(=O)CCCC(C)=O)C=C(C(=O)NCCO)[C@H]21. The Balaban J connectivity index is 1.80. The van der Waals surface area contributed by atoms with Gasteiger partial charge in [0.1, 0.15) is 18.0 Å². The minimum Gasteiger partial charge on any atom is -0.493 e. The van der Waals surface area contributed by atoms with Gasteiger partial charge in [-0.05, 0) is 54.8 Å². The number of carbonyl (C=O) groups excluding carboxylic acids is 3. The van der Waals surface area contributed by atoms with Crippen LogP contribution >= 0.6 is 23.2 Å². The number of hydrogen-bond acceptors (Lipinski definition) is 8. The van der Waals surface area contributed by atoms with E-state index in [0.717, 1.165) is 0 Å². The number of aliphatic hydroxyl groups excluding tert-OH is 3. The van der Waals surface area contributed by atoms with Gasteiger partial charge in [-0.25, -0.2) is 0 Å². The lowest BCUT2D eigenvalue weighted by molar-refractivity contribution is -0.138. The normalized spacial score (nSPS) is 20.6.